The van der Waals surface area contributed by atoms with Crippen molar-refractivity contribution in [3.63, 3.8) is 0 Å². The van der Waals surface area contributed by atoms with Gasteiger partial charge in [0.2, 0.25) is 5.91 Å². The number of aryl methyl sites for hydroxylation is 4. The van der Waals surface area contributed by atoms with Crippen LogP contribution in [-0.4, -0.2) is 20.3 Å². The first-order valence-electron chi connectivity index (χ1n) is 8.69. The van der Waals surface area contributed by atoms with Gasteiger partial charge in [-0.3, -0.25) is 18.8 Å². The fourth-order valence-electron chi connectivity index (χ4n) is 3.11. The van der Waals surface area contributed by atoms with Gasteiger partial charge in [-0.1, -0.05) is 0 Å². The zero-order valence-corrected chi connectivity index (χ0v) is 15.9. The number of nitrogens with one attached hydrogen (secondary N) is 1. The number of alkyl halides is 3. The average molecular weight is 410 g/mol. The van der Waals surface area contributed by atoms with E-state index in [1.54, 1.807) is 6.92 Å². The maximum atomic E-state index is 13.4. The number of pyridine rings is 1. The number of fused-ring (bicyclic) bond motifs is 1. The van der Waals surface area contributed by atoms with E-state index in [1.165, 1.54) is 36.9 Å². The predicted octanol–water partition coefficient (Wildman–Crippen LogP) is 3.54. The SMILES string of the molecule is Cc1cc(F)ccc1NC(=O)CCn1c(=O)cc(C(F)(F)F)c2c(C)n(C)nc21. The van der Waals surface area contributed by atoms with E-state index in [-0.39, 0.29) is 29.7 Å². The highest BCUT2D eigenvalue weighted by molar-refractivity contribution is 5.91. The average Bonchev–Trinajstić information content (AvgIpc) is 2.90. The third-order valence-electron chi connectivity index (χ3n) is 4.70. The summed E-state index contributed by atoms with van der Waals surface area (Å²) in [4.78, 5) is 24.6. The third kappa shape index (κ3) is 4.01. The van der Waals surface area contributed by atoms with Crippen molar-refractivity contribution < 1.29 is 22.4 Å². The van der Waals surface area contributed by atoms with Crippen molar-refractivity contribution in [2.24, 2.45) is 7.05 Å². The zero-order chi connectivity index (χ0) is 21.5. The summed E-state index contributed by atoms with van der Waals surface area (Å²) in [6.45, 7) is 2.94. The molecule has 0 atom stereocenters. The van der Waals surface area contributed by atoms with E-state index in [1.807, 2.05) is 0 Å². The lowest BCUT2D eigenvalue weighted by Gasteiger charge is -2.13. The molecule has 0 unspecified atom stereocenters. The molecule has 2 aromatic heterocycles. The third-order valence-corrected chi connectivity index (χ3v) is 4.70. The van der Waals surface area contributed by atoms with Gasteiger partial charge in [0.25, 0.3) is 5.56 Å². The molecule has 1 amide bonds. The van der Waals surface area contributed by atoms with Gasteiger partial charge in [-0.2, -0.15) is 18.3 Å². The largest absolute Gasteiger partial charge is 0.417 e. The zero-order valence-electron chi connectivity index (χ0n) is 15.9. The summed E-state index contributed by atoms with van der Waals surface area (Å²) in [5.74, 6) is -0.906. The van der Waals surface area contributed by atoms with E-state index in [0.717, 1.165) is 4.57 Å². The molecule has 0 saturated carbocycles. The van der Waals surface area contributed by atoms with Crippen molar-refractivity contribution >= 4 is 22.6 Å². The second-order valence-electron chi connectivity index (χ2n) is 6.71. The van der Waals surface area contributed by atoms with Crippen LogP contribution in [0.25, 0.3) is 11.0 Å². The topological polar surface area (TPSA) is 68.9 Å². The minimum Gasteiger partial charge on any atom is -0.326 e. The Balaban J connectivity index is 1.91. The molecule has 29 heavy (non-hydrogen) atoms. The monoisotopic (exact) mass is 410 g/mol. The predicted molar refractivity (Wildman–Crippen MR) is 99.1 cm³/mol. The summed E-state index contributed by atoms with van der Waals surface area (Å²) in [7, 11) is 1.48. The number of hydrogen-bond donors (Lipinski definition) is 1. The molecule has 6 nitrogen and oxygen atoms in total. The van der Waals surface area contributed by atoms with Crippen molar-refractivity contribution in [1.82, 2.24) is 14.3 Å². The first-order chi connectivity index (χ1) is 13.5. The maximum absolute atomic E-state index is 13.4. The maximum Gasteiger partial charge on any atom is 0.417 e. The van der Waals surface area contributed by atoms with Crippen LogP contribution >= 0.6 is 0 Å². The summed E-state index contributed by atoms with van der Waals surface area (Å²) in [6.07, 6.45) is -4.88. The molecule has 0 bridgehead atoms. The molecule has 0 fully saturated rings. The van der Waals surface area contributed by atoms with E-state index in [9.17, 15) is 27.2 Å². The van der Waals surface area contributed by atoms with Crippen LogP contribution in [0.1, 0.15) is 23.2 Å². The van der Waals surface area contributed by atoms with Crippen LogP contribution in [0.4, 0.5) is 23.2 Å². The highest BCUT2D eigenvalue weighted by atomic mass is 19.4. The lowest BCUT2D eigenvalue weighted by atomic mass is 10.1. The number of amides is 1. The summed E-state index contributed by atoms with van der Waals surface area (Å²) in [5.41, 5.74) is -0.884. The number of carbonyl (C=O) groups is 1. The molecular formula is C19H18F4N4O2. The van der Waals surface area contributed by atoms with Crippen LogP contribution in [0.15, 0.2) is 29.1 Å². The minimum absolute atomic E-state index is 0.129. The van der Waals surface area contributed by atoms with Crippen LogP contribution < -0.4 is 10.9 Å². The minimum atomic E-state index is -4.71. The molecule has 0 aliphatic rings. The van der Waals surface area contributed by atoms with Crippen molar-refractivity contribution in [1.29, 1.82) is 0 Å². The first kappa shape index (κ1) is 20.6. The molecule has 0 spiro atoms. The van der Waals surface area contributed by atoms with Crippen molar-refractivity contribution in [3.8, 4) is 0 Å². The molecular weight excluding hydrogens is 392 g/mol. The van der Waals surface area contributed by atoms with Crippen molar-refractivity contribution in [2.75, 3.05) is 5.32 Å². The van der Waals surface area contributed by atoms with Gasteiger partial charge in [0, 0.05) is 37.5 Å². The van der Waals surface area contributed by atoms with Crippen molar-refractivity contribution in [2.45, 2.75) is 33.0 Å². The molecule has 3 aromatic rings. The number of carbonyl (C=O) groups excluding carboxylic acids is 1. The molecule has 154 valence electrons. The van der Waals surface area contributed by atoms with Gasteiger partial charge < -0.3 is 5.32 Å². The van der Waals surface area contributed by atoms with E-state index in [4.69, 9.17) is 0 Å². The number of rotatable bonds is 4. The number of anilines is 1. The van der Waals surface area contributed by atoms with Gasteiger partial charge in [0.05, 0.1) is 10.9 Å². The molecule has 0 aliphatic carbocycles. The van der Waals surface area contributed by atoms with Crippen LogP contribution in [0.3, 0.4) is 0 Å². The molecule has 3 rings (SSSR count). The van der Waals surface area contributed by atoms with Crippen LogP contribution in [0.2, 0.25) is 0 Å². The van der Waals surface area contributed by atoms with Gasteiger partial charge >= 0.3 is 6.18 Å². The summed E-state index contributed by atoms with van der Waals surface area (Å²) in [5, 5.41) is 6.47. The van der Waals surface area contributed by atoms with E-state index in [2.05, 4.69) is 10.4 Å². The summed E-state index contributed by atoms with van der Waals surface area (Å²) < 4.78 is 55.6. The van der Waals surface area contributed by atoms with Crippen LogP contribution in [0, 0.1) is 19.7 Å². The molecule has 0 saturated heterocycles. The number of benzene rings is 1. The second-order valence-corrected chi connectivity index (χ2v) is 6.71. The normalized spacial score (nSPS) is 11.8. The molecule has 1 aromatic carbocycles. The number of halogens is 4. The Morgan fingerprint density at radius 2 is 1.90 bits per heavy atom. The van der Waals surface area contributed by atoms with E-state index < -0.39 is 29.0 Å². The molecule has 0 aliphatic heterocycles. The van der Waals surface area contributed by atoms with Gasteiger partial charge in [0.1, 0.15) is 5.82 Å². The first-order valence-corrected chi connectivity index (χ1v) is 8.69. The Hall–Kier alpha value is -3.17. The molecule has 2 heterocycles. The van der Waals surface area contributed by atoms with E-state index in [0.29, 0.717) is 17.3 Å². The van der Waals surface area contributed by atoms with Gasteiger partial charge in [-0.25, -0.2) is 4.39 Å². The van der Waals surface area contributed by atoms with Crippen LogP contribution in [0.5, 0.6) is 0 Å². The molecule has 10 heteroatoms. The smallest absolute Gasteiger partial charge is 0.326 e. The highest BCUT2D eigenvalue weighted by Gasteiger charge is 2.35. The number of aromatic nitrogens is 3. The molecule has 0 radical (unpaired) electrons. The lowest BCUT2D eigenvalue weighted by molar-refractivity contribution is -0.136. The Morgan fingerprint density at radius 1 is 1.21 bits per heavy atom. The Bertz CT molecular complexity index is 1160. The van der Waals surface area contributed by atoms with Gasteiger partial charge in [0.15, 0.2) is 5.65 Å². The van der Waals surface area contributed by atoms with E-state index >= 15 is 0 Å². The Labute approximate surface area is 162 Å². The van der Waals surface area contributed by atoms with Crippen molar-refractivity contribution in [3.05, 3.63) is 57.3 Å². The number of nitrogens with zero attached hydrogens (tertiary/aromatic N) is 3. The van der Waals surface area contributed by atoms with Gasteiger partial charge in [-0.15, -0.1) is 0 Å². The quantitative estimate of drug-likeness (QED) is 0.669. The highest BCUT2D eigenvalue weighted by Crippen LogP contribution is 2.35. The standard InChI is InChI=1S/C19H18F4N4O2/c1-10-8-12(20)4-5-14(10)24-15(28)6-7-27-16(29)9-13(19(21,22)23)17-11(2)26(3)25-18(17)27/h4-5,8-9H,6-7H2,1-3H3,(H,24,28). The number of hydrogen-bond acceptors (Lipinski definition) is 3. The molecule has 1 N–H and O–H groups in total. The Kier molecular flexibility index (Phi) is 5.20. The van der Waals surface area contributed by atoms with Gasteiger partial charge in [-0.05, 0) is 37.6 Å². The second kappa shape index (κ2) is 7.34. The Morgan fingerprint density at radius 3 is 2.52 bits per heavy atom. The van der Waals surface area contributed by atoms with Crippen LogP contribution in [-0.2, 0) is 24.6 Å². The lowest BCUT2D eigenvalue weighted by Crippen LogP contribution is -2.25. The fourth-order valence-corrected chi connectivity index (χ4v) is 3.11. The summed E-state index contributed by atoms with van der Waals surface area (Å²) >= 11 is 0. The fraction of sp³-hybridized carbons (Fsp3) is 0.316. The summed E-state index contributed by atoms with van der Waals surface area (Å²) in [6, 6.07) is 4.39.